The van der Waals surface area contributed by atoms with E-state index >= 15 is 0 Å². The minimum Gasteiger partial charge on any atom is -0.353 e. The largest absolute Gasteiger partial charge is 0.353 e. The number of nitrogens with zero attached hydrogens (tertiary/aromatic N) is 2. The lowest BCUT2D eigenvalue weighted by molar-refractivity contribution is -0.384. The highest BCUT2D eigenvalue weighted by Crippen LogP contribution is 2.40. The van der Waals surface area contributed by atoms with E-state index in [1.54, 1.807) is 23.5 Å². The second-order valence-electron chi connectivity index (χ2n) is 5.18. The molecule has 1 aromatic carbocycles. The molecule has 3 heterocycles. The van der Waals surface area contributed by atoms with Crippen LogP contribution >= 0.6 is 11.3 Å². The van der Waals surface area contributed by atoms with Gasteiger partial charge in [0.25, 0.3) is 5.69 Å². The highest BCUT2D eigenvalue weighted by molar-refractivity contribution is 7.26. The smallest absolute Gasteiger partial charge is 0.270 e. The average Bonchev–Trinajstić information content (AvgIpc) is 2.92. The van der Waals surface area contributed by atoms with E-state index in [1.807, 2.05) is 6.92 Å². The Morgan fingerprint density at radius 2 is 2.10 bits per heavy atom. The number of rotatable bonds is 1. The van der Waals surface area contributed by atoms with Crippen LogP contribution in [-0.2, 0) is 0 Å². The Balaban J connectivity index is 2.18. The Kier molecular flexibility index (Phi) is 2.35. The third kappa shape index (κ3) is 1.66. The fourth-order valence-corrected chi connectivity index (χ4v) is 4.11. The summed E-state index contributed by atoms with van der Waals surface area (Å²) >= 11 is 1.58. The van der Waals surface area contributed by atoms with Gasteiger partial charge in [-0.2, -0.15) is 0 Å². The summed E-state index contributed by atoms with van der Waals surface area (Å²) in [6.07, 6.45) is 0. The van der Waals surface area contributed by atoms with Crippen molar-refractivity contribution in [2.45, 2.75) is 13.8 Å². The number of nitro benzene ring substituents is 1. The number of hydrogen-bond donors (Lipinski definition) is 1. The van der Waals surface area contributed by atoms with Crippen molar-refractivity contribution in [3.05, 3.63) is 45.6 Å². The second kappa shape index (κ2) is 4.02. The number of aromatic nitrogens is 2. The third-order valence-electron chi connectivity index (χ3n) is 3.71. The van der Waals surface area contributed by atoms with E-state index in [0.29, 0.717) is 0 Å². The van der Waals surface area contributed by atoms with Crippen LogP contribution in [0.25, 0.3) is 31.3 Å². The minimum atomic E-state index is -0.362. The molecule has 6 heteroatoms. The first-order valence-corrected chi connectivity index (χ1v) is 7.33. The molecule has 0 radical (unpaired) electrons. The van der Waals surface area contributed by atoms with Gasteiger partial charge in [-0.15, -0.1) is 11.3 Å². The number of nitrogens with one attached hydrogen (secondary N) is 1. The van der Waals surface area contributed by atoms with Gasteiger partial charge in [0.05, 0.1) is 15.1 Å². The van der Waals surface area contributed by atoms with Crippen LogP contribution in [0.1, 0.15) is 11.3 Å². The van der Waals surface area contributed by atoms with Crippen molar-refractivity contribution in [1.29, 1.82) is 0 Å². The topological polar surface area (TPSA) is 71.8 Å². The van der Waals surface area contributed by atoms with E-state index < -0.39 is 0 Å². The zero-order valence-corrected chi connectivity index (χ0v) is 12.2. The summed E-state index contributed by atoms with van der Waals surface area (Å²) < 4.78 is 1.03. The molecule has 1 N–H and O–H groups in total. The molecule has 0 bridgehead atoms. The summed E-state index contributed by atoms with van der Waals surface area (Å²) in [5.74, 6) is 0. The Morgan fingerprint density at radius 1 is 1.29 bits per heavy atom. The molecule has 3 aromatic heterocycles. The number of benzene rings is 1. The zero-order chi connectivity index (χ0) is 14.7. The van der Waals surface area contributed by atoms with Crippen LogP contribution in [0, 0.1) is 24.0 Å². The molecule has 0 amide bonds. The molecule has 5 nitrogen and oxygen atoms in total. The van der Waals surface area contributed by atoms with Gasteiger partial charge >= 0.3 is 0 Å². The van der Waals surface area contributed by atoms with Gasteiger partial charge in [0.1, 0.15) is 4.83 Å². The maximum atomic E-state index is 11.0. The zero-order valence-electron chi connectivity index (χ0n) is 11.4. The molecular weight excluding hydrogens is 286 g/mol. The Bertz CT molecular complexity index is 1050. The summed E-state index contributed by atoms with van der Waals surface area (Å²) in [7, 11) is 0. The maximum Gasteiger partial charge on any atom is 0.270 e. The lowest BCUT2D eigenvalue weighted by atomic mass is 10.1. The van der Waals surface area contributed by atoms with Crippen molar-refractivity contribution in [2.24, 2.45) is 0 Å². The molecule has 4 aromatic rings. The van der Waals surface area contributed by atoms with E-state index in [-0.39, 0.29) is 10.6 Å². The summed E-state index contributed by atoms with van der Waals surface area (Å²) in [4.78, 5) is 19.5. The minimum absolute atomic E-state index is 0.113. The molecule has 0 aliphatic rings. The van der Waals surface area contributed by atoms with E-state index in [2.05, 4.69) is 23.0 Å². The van der Waals surface area contributed by atoms with Crippen LogP contribution in [0.15, 0.2) is 24.3 Å². The predicted molar refractivity (Wildman–Crippen MR) is 85.1 cm³/mol. The predicted octanol–water partition coefficient (Wildman–Crippen LogP) is 4.46. The van der Waals surface area contributed by atoms with Gasteiger partial charge in [-0.3, -0.25) is 10.1 Å². The molecule has 4 rings (SSSR count). The van der Waals surface area contributed by atoms with Crippen molar-refractivity contribution >= 4 is 48.4 Å². The van der Waals surface area contributed by atoms with Gasteiger partial charge in [0.2, 0.25) is 0 Å². The molecule has 0 atom stereocenters. The van der Waals surface area contributed by atoms with Gasteiger partial charge < -0.3 is 4.98 Å². The summed E-state index contributed by atoms with van der Waals surface area (Å²) in [6.45, 7) is 4.04. The number of nitro groups is 1. The molecule has 0 aliphatic heterocycles. The highest BCUT2D eigenvalue weighted by atomic mass is 32.1. The van der Waals surface area contributed by atoms with Crippen molar-refractivity contribution < 1.29 is 4.92 Å². The average molecular weight is 297 g/mol. The van der Waals surface area contributed by atoms with Gasteiger partial charge in [0, 0.05) is 34.1 Å². The normalized spacial score (nSPS) is 11.7. The maximum absolute atomic E-state index is 11.0. The van der Waals surface area contributed by atoms with Crippen LogP contribution in [0.5, 0.6) is 0 Å². The molecular formula is C15H11N3O2S. The summed E-state index contributed by atoms with van der Waals surface area (Å²) in [5.41, 5.74) is 4.21. The fraction of sp³-hybridized carbons (Fsp3) is 0.133. The number of pyridine rings is 1. The lowest BCUT2D eigenvalue weighted by Gasteiger charge is -1.98. The van der Waals surface area contributed by atoms with Gasteiger partial charge in [-0.25, -0.2) is 4.98 Å². The van der Waals surface area contributed by atoms with Crippen LogP contribution < -0.4 is 0 Å². The number of thiophene rings is 1. The summed E-state index contributed by atoms with van der Waals surface area (Å²) in [6, 6.07) is 6.98. The van der Waals surface area contributed by atoms with E-state index in [0.717, 1.165) is 37.0 Å². The van der Waals surface area contributed by atoms with E-state index in [4.69, 9.17) is 0 Å². The van der Waals surface area contributed by atoms with Crippen molar-refractivity contribution in [1.82, 2.24) is 9.97 Å². The number of hydrogen-bond acceptors (Lipinski definition) is 4. The Hall–Kier alpha value is -2.47. The first-order valence-electron chi connectivity index (χ1n) is 6.51. The van der Waals surface area contributed by atoms with Crippen molar-refractivity contribution in [3.8, 4) is 0 Å². The van der Waals surface area contributed by atoms with E-state index in [9.17, 15) is 10.1 Å². The Morgan fingerprint density at radius 3 is 2.86 bits per heavy atom. The van der Waals surface area contributed by atoms with Crippen LogP contribution in [0.3, 0.4) is 0 Å². The summed E-state index contributed by atoms with van der Waals surface area (Å²) in [5, 5.41) is 13.0. The van der Waals surface area contributed by atoms with Crippen LogP contribution in [0.2, 0.25) is 0 Å². The molecule has 21 heavy (non-hydrogen) atoms. The quantitative estimate of drug-likeness (QED) is 0.416. The first kappa shape index (κ1) is 12.3. The Labute approximate surface area is 123 Å². The molecule has 0 unspecified atom stereocenters. The lowest BCUT2D eigenvalue weighted by Crippen LogP contribution is -1.86. The highest BCUT2D eigenvalue weighted by Gasteiger charge is 2.16. The number of H-pyrrole nitrogens is 1. The standard InChI is InChI=1S/C15H11N3O2S/c1-7-5-8(2)16-15-12(7)13-14(21-15)10-6-9(18(19)20)3-4-11(10)17-13/h3-6,17H,1-2H3. The number of aryl methyl sites for hydroxylation is 2. The van der Waals surface area contributed by atoms with Gasteiger partial charge in [-0.1, -0.05) is 0 Å². The molecule has 0 fully saturated rings. The number of fused-ring (bicyclic) bond motifs is 5. The van der Waals surface area contributed by atoms with Crippen molar-refractivity contribution in [3.63, 3.8) is 0 Å². The monoisotopic (exact) mass is 297 g/mol. The molecule has 0 aliphatic carbocycles. The van der Waals surface area contributed by atoms with Gasteiger partial charge in [-0.05, 0) is 31.5 Å². The first-order chi connectivity index (χ1) is 10.0. The number of aromatic amines is 1. The van der Waals surface area contributed by atoms with Gasteiger partial charge in [0.15, 0.2) is 0 Å². The van der Waals surface area contributed by atoms with Crippen molar-refractivity contribution in [2.75, 3.05) is 0 Å². The molecule has 0 saturated carbocycles. The number of non-ortho nitro benzene ring substituents is 1. The van der Waals surface area contributed by atoms with E-state index in [1.165, 1.54) is 11.6 Å². The second-order valence-corrected chi connectivity index (χ2v) is 6.18. The SMILES string of the molecule is Cc1cc(C)c2c(n1)sc1c3cc([N+](=O)[O-])ccc3[nH]c12. The molecule has 0 spiro atoms. The van der Waals surface area contributed by atoms with Crippen LogP contribution in [-0.4, -0.2) is 14.9 Å². The van der Waals surface area contributed by atoms with Crippen LogP contribution in [0.4, 0.5) is 5.69 Å². The molecule has 0 saturated heterocycles. The molecule has 104 valence electrons. The fourth-order valence-electron chi connectivity index (χ4n) is 2.83. The third-order valence-corrected chi connectivity index (χ3v) is 4.82.